The van der Waals surface area contributed by atoms with Crippen molar-refractivity contribution in [1.29, 1.82) is 0 Å². The molecule has 3 aliphatic rings. The van der Waals surface area contributed by atoms with Crippen LogP contribution in [0.1, 0.15) is 31.7 Å². The Kier molecular flexibility index (Phi) is 4.69. The number of ether oxygens (including phenoxy) is 1. The molecule has 1 atom stereocenters. The first-order valence-corrected chi connectivity index (χ1v) is 9.65. The van der Waals surface area contributed by atoms with Crippen molar-refractivity contribution in [2.75, 3.05) is 39.3 Å². The van der Waals surface area contributed by atoms with Crippen LogP contribution in [0.3, 0.4) is 0 Å². The number of fused-ring (bicyclic) bond motifs is 1. The Morgan fingerprint density at radius 3 is 2.60 bits per heavy atom. The van der Waals surface area contributed by atoms with Crippen molar-refractivity contribution in [3.8, 4) is 0 Å². The molecular formula is C20H29N3O2. The van der Waals surface area contributed by atoms with E-state index in [-0.39, 0.29) is 11.6 Å². The zero-order valence-corrected chi connectivity index (χ0v) is 15.2. The fourth-order valence-corrected chi connectivity index (χ4v) is 4.69. The van der Waals surface area contributed by atoms with Gasteiger partial charge in [0.1, 0.15) is 6.61 Å². The van der Waals surface area contributed by atoms with Gasteiger partial charge in [0.15, 0.2) is 0 Å². The number of rotatable bonds is 4. The molecule has 1 unspecified atom stereocenters. The predicted molar refractivity (Wildman–Crippen MR) is 97.4 cm³/mol. The van der Waals surface area contributed by atoms with Crippen molar-refractivity contribution in [2.24, 2.45) is 0 Å². The minimum absolute atomic E-state index is 0.0868. The summed E-state index contributed by atoms with van der Waals surface area (Å²) < 4.78 is 5.37. The van der Waals surface area contributed by atoms with Gasteiger partial charge in [-0.2, -0.15) is 0 Å². The van der Waals surface area contributed by atoms with Crippen LogP contribution >= 0.6 is 0 Å². The predicted octanol–water partition coefficient (Wildman–Crippen LogP) is 2.57. The third-order valence-electron chi connectivity index (χ3n) is 6.35. The zero-order chi connectivity index (χ0) is 17.3. The number of hydrogen-bond donors (Lipinski definition) is 0. The van der Waals surface area contributed by atoms with Gasteiger partial charge in [-0.1, -0.05) is 37.3 Å². The fourth-order valence-electron chi connectivity index (χ4n) is 4.69. The van der Waals surface area contributed by atoms with Gasteiger partial charge in [-0.05, 0) is 37.9 Å². The van der Waals surface area contributed by atoms with Gasteiger partial charge >= 0.3 is 6.09 Å². The number of nitrogens with zero attached hydrogens (tertiary/aromatic N) is 3. The Balaban J connectivity index is 1.33. The lowest BCUT2D eigenvalue weighted by Gasteiger charge is -2.48. The average Bonchev–Trinajstić information content (AvgIpc) is 3.00. The van der Waals surface area contributed by atoms with Crippen molar-refractivity contribution < 1.29 is 9.53 Å². The molecule has 5 nitrogen and oxygen atoms in total. The molecule has 3 saturated heterocycles. The number of cyclic esters (lactones) is 1. The van der Waals surface area contributed by atoms with Crippen molar-refractivity contribution >= 4 is 6.09 Å². The summed E-state index contributed by atoms with van der Waals surface area (Å²) in [5.74, 6) is 0. The topological polar surface area (TPSA) is 36.0 Å². The van der Waals surface area contributed by atoms with Gasteiger partial charge in [0, 0.05) is 32.2 Å². The van der Waals surface area contributed by atoms with Crippen LogP contribution in [0.4, 0.5) is 4.79 Å². The van der Waals surface area contributed by atoms with E-state index < -0.39 is 0 Å². The van der Waals surface area contributed by atoms with Crippen LogP contribution in [0.25, 0.3) is 0 Å². The van der Waals surface area contributed by atoms with Crippen LogP contribution in [0.5, 0.6) is 0 Å². The van der Waals surface area contributed by atoms with Crippen molar-refractivity contribution in [2.45, 2.75) is 44.3 Å². The number of likely N-dealkylation sites (tertiary alicyclic amines) is 1. The number of hydrogen-bond acceptors (Lipinski definition) is 4. The second-order valence-electron chi connectivity index (χ2n) is 7.75. The second kappa shape index (κ2) is 6.96. The van der Waals surface area contributed by atoms with E-state index in [0.29, 0.717) is 12.6 Å². The van der Waals surface area contributed by atoms with Crippen molar-refractivity contribution in [3.05, 3.63) is 35.9 Å². The lowest BCUT2D eigenvalue weighted by molar-refractivity contribution is 0.00606. The van der Waals surface area contributed by atoms with Crippen LogP contribution in [0.2, 0.25) is 0 Å². The molecule has 0 N–H and O–H groups in total. The first-order valence-electron chi connectivity index (χ1n) is 9.65. The normalized spacial score (nSPS) is 28.8. The highest BCUT2D eigenvalue weighted by molar-refractivity contribution is 5.71. The largest absolute Gasteiger partial charge is 0.447 e. The van der Waals surface area contributed by atoms with Crippen LogP contribution < -0.4 is 0 Å². The Bertz CT molecular complexity index is 600. The summed E-state index contributed by atoms with van der Waals surface area (Å²) in [6.07, 6.45) is 3.31. The molecule has 136 valence electrons. The van der Waals surface area contributed by atoms with Gasteiger partial charge in [-0.15, -0.1) is 0 Å². The molecule has 0 saturated carbocycles. The Labute approximate surface area is 150 Å². The fraction of sp³-hybridized carbons (Fsp3) is 0.650. The molecule has 0 aromatic heterocycles. The lowest BCUT2D eigenvalue weighted by atomic mass is 9.90. The second-order valence-corrected chi connectivity index (χ2v) is 7.75. The summed E-state index contributed by atoms with van der Waals surface area (Å²) in [7, 11) is 0. The minimum atomic E-state index is -0.112. The first kappa shape index (κ1) is 16.9. The molecule has 0 spiro atoms. The SMILES string of the molecule is CCC12COC(=O)N1CCN(C1CCN(Cc3ccccc3)CC1)C2. The summed E-state index contributed by atoms with van der Waals surface area (Å²) in [6, 6.07) is 11.4. The third kappa shape index (κ3) is 3.27. The van der Waals surface area contributed by atoms with Crippen LogP contribution in [0, 0.1) is 0 Å². The highest BCUT2D eigenvalue weighted by atomic mass is 16.6. The number of carbonyl (C=O) groups is 1. The quantitative estimate of drug-likeness (QED) is 0.842. The van der Waals surface area contributed by atoms with E-state index in [4.69, 9.17) is 4.74 Å². The molecule has 4 rings (SSSR count). The maximum absolute atomic E-state index is 12.0. The maximum atomic E-state index is 12.0. The standard InChI is InChI=1S/C20H29N3O2/c1-2-20-15-22(12-13-23(20)19(24)25-16-20)18-8-10-21(11-9-18)14-17-6-4-3-5-7-17/h3-7,18H,2,8-16H2,1H3. The smallest absolute Gasteiger partial charge is 0.410 e. The minimum Gasteiger partial charge on any atom is -0.447 e. The van der Waals surface area contributed by atoms with Gasteiger partial charge in [0.25, 0.3) is 0 Å². The third-order valence-corrected chi connectivity index (χ3v) is 6.35. The molecule has 5 heteroatoms. The molecule has 0 aliphatic carbocycles. The molecular weight excluding hydrogens is 314 g/mol. The Hall–Kier alpha value is -1.59. The number of piperazine rings is 1. The number of carbonyl (C=O) groups excluding carboxylic acids is 1. The van der Waals surface area contributed by atoms with Gasteiger partial charge in [-0.3, -0.25) is 14.7 Å². The summed E-state index contributed by atoms with van der Waals surface area (Å²) in [6.45, 7) is 8.90. The molecule has 1 aromatic rings. The van der Waals surface area contributed by atoms with Gasteiger partial charge < -0.3 is 4.74 Å². The zero-order valence-electron chi connectivity index (χ0n) is 15.2. The highest BCUT2D eigenvalue weighted by Gasteiger charge is 2.50. The maximum Gasteiger partial charge on any atom is 0.410 e. The van der Waals surface area contributed by atoms with Crippen molar-refractivity contribution in [1.82, 2.24) is 14.7 Å². The van der Waals surface area contributed by atoms with Crippen LogP contribution in [0.15, 0.2) is 30.3 Å². The highest BCUT2D eigenvalue weighted by Crippen LogP contribution is 2.33. The van der Waals surface area contributed by atoms with E-state index in [1.807, 2.05) is 4.90 Å². The molecule has 3 aliphatic heterocycles. The molecule has 3 heterocycles. The van der Waals surface area contributed by atoms with E-state index in [2.05, 4.69) is 47.1 Å². The van der Waals surface area contributed by atoms with E-state index in [1.54, 1.807) is 0 Å². The monoisotopic (exact) mass is 343 g/mol. The van der Waals surface area contributed by atoms with Gasteiger partial charge in [0.2, 0.25) is 0 Å². The van der Waals surface area contributed by atoms with Gasteiger partial charge in [0.05, 0.1) is 5.54 Å². The molecule has 25 heavy (non-hydrogen) atoms. The lowest BCUT2D eigenvalue weighted by Crippen LogP contribution is -2.63. The van der Waals surface area contributed by atoms with E-state index in [0.717, 1.165) is 45.7 Å². The molecule has 3 fully saturated rings. The first-order chi connectivity index (χ1) is 12.2. The summed E-state index contributed by atoms with van der Waals surface area (Å²) in [5.41, 5.74) is 1.32. The Morgan fingerprint density at radius 1 is 1.12 bits per heavy atom. The van der Waals surface area contributed by atoms with Crippen LogP contribution in [-0.2, 0) is 11.3 Å². The van der Waals surface area contributed by atoms with Gasteiger partial charge in [-0.25, -0.2) is 4.79 Å². The molecule has 1 aromatic carbocycles. The van der Waals surface area contributed by atoms with E-state index >= 15 is 0 Å². The number of benzene rings is 1. The summed E-state index contributed by atoms with van der Waals surface area (Å²) in [4.78, 5) is 19.1. The number of piperidine rings is 1. The summed E-state index contributed by atoms with van der Waals surface area (Å²) in [5, 5.41) is 0. The van der Waals surface area contributed by atoms with Crippen molar-refractivity contribution in [3.63, 3.8) is 0 Å². The number of amides is 1. The van der Waals surface area contributed by atoms with E-state index in [9.17, 15) is 4.79 Å². The Morgan fingerprint density at radius 2 is 1.88 bits per heavy atom. The summed E-state index contributed by atoms with van der Waals surface area (Å²) >= 11 is 0. The molecule has 0 bridgehead atoms. The average molecular weight is 343 g/mol. The molecule has 0 radical (unpaired) electrons. The van der Waals surface area contributed by atoms with Crippen LogP contribution in [-0.4, -0.2) is 71.7 Å². The molecule has 1 amide bonds. The van der Waals surface area contributed by atoms with E-state index in [1.165, 1.54) is 18.4 Å².